The normalized spacial score (nSPS) is 13.0. The maximum atomic E-state index is 2.46. The standard InChI is InChI=1S/C48H92N/c1-6-9-11-13-15-17-19-21-23-24-26-28-30-32-34-36-43-49(44-41-46(4)5,45-48-39-37-47(8-3)38-40-48)42-35-33-31-29-27-25-22-20-18-16-14-12-10-7-2/h37-40,46H,6-36,41-45H2,1-5H3/q+1. The number of quaternary nitrogens is 1. The van der Waals surface area contributed by atoms with Crippen molar-refractivity contribution in [3.63, 3.8) is 0 Å². The van der Waals surface area contributed by atoms with Crippen LogP contribution in [-0.4, -0.2) is 24.1 Å². The predicted octanol–water partition coefficient (Wildman–Crippen LogP) is 16.4. The van der Waals surface area contributed by atoms with E-state index in [0.717, 1.165) is 12.3 Å². The molecule has 0 aliphatic heterocycles. The first-order valence-electron chi connectivity index (χ1n) is 23.0. The van der Waals surface area contributed by atoms with Gasteiger partial charge in [0.25, 0.3) is 0 Å². The van der Waals surface area contributed by atoms with E-state index in [1.54, 1.807) is 5.56 Å². The van der Waals surface area contributed by atoms with E-state index in [-0.39, 0.29) is 0 Å². The highest BCUT2D eigenvalue weighted by Crippen LogP contribution is 2.23. The zero-order valence-electron chi connectivity index (χ0n) is 34.8. The molecule has 0 amide bonds. The summed E-state index contributed by atoms with van der Waals surface area (Å²) >= 11 is 0. The van der Waals surface area contributed by atoms with Crippen LogP contribution in [0.5, 0.6) is 0 Å². The summed E-state index contributed by atoms with van der Waals surface area (Å²) in [7, 11) is 0. The highest BCUT2D eigenvalue weighted by Gasteiger charge is 2.27. The molecule has 0 saturated heterocycles. The van der Waals surface area contributed by atoms with Crippen LogP contribution in [-0.2, 0) is 13.0 Å². The van der Waals surface area contributed by atoms with Crippen molar-refractivity contribution in [2.24, 2.45) is 5.92 Å². The first-order valence-corrected chi connectivity index (χ1v) is 23.0. The van der Waals surface area contributed by atoms with Crippen LogP contribution in [0.1, 0.15) is 245 Å². The lowest BCUT2D eigenvalue weighted by Gasteiger charge is -2.40. The molecule has 1 atom stereocenters. The van der Waals surface area contributed by atoms with E-state index in [1.165, 1.54) is 235 Å². The summed E-state index contributed by atoms with van der Waals surface area (Å²) in [6.07, 6.45) is 46.1. The van der Waals surface area contributed by atoms with Crippen molar-refractivity contribution in [3.05, 3.63) is 35.4 Å². The summed E-state index contributed by atoms with van der Waals surface area (Å²) in [6.45, 7) is 17.2. The fraction of sp³-hybridized carbons (Fsp3) is 0.875. The molecule has 0 N–H and O–H groups in total. The van der Waals surface area contributed by atoms with Gasteiger partial charge in [-0.25, -0.2) is 0 Å². The molecular weight excluding hydrogens is 591 g/mol. The van der Waals surface area contributed by atoms with Crippen LogP contribution in [0.15, 0.2) is 24.3 Å². The molecule has 49 heavy (non-hydrogen) atoms. The molecule has 1 rings (SSSR count). The van der Waals surface area contributed by atoms with E-state index in [1.807, 2.05) is 0 Å². The molecule has 1 unspecified atom stereocenters. The molecule has 288 valence electrons. The number of rotatable bonds is 38. The lowest BCUT2D eigenvalue weighted by atomic mass is 10.0. The van der Waals surface area contributed by atoms with Gasteiger partial charge >= 0.3 is 0 Å². The molecule has 0 radical (unpaired) electrons. The largest absolute Gasteiger partial charge is 0.320 e. The summed E-state index contributed by atoms with van der Waals surface area (Å²) in [5, 5.41) is 0. The quantitative estimate of drug-likeness (QED) is 0.0481. The molecule has 0 fully saturated rings. The second-order valence-corrected chi connectivity index (χ2v) is 16.9. The average molecular weight is 683 g/mol. The van der Waals surface area contributed by atoms with E-state index in [0.29, 0.717) is 0 Å². The van der Waals surface area contributed by atoms with Gasteiger partial charge in [-0.1, -0.05) is 226 Å². The minimum absolute atomic E-state index is 0.794. The summed E-state index contributed by atoms with van der Waals surface area (Å²) in [6, 6.07) is 9.71. The van der Waals surface area contributed by atoms with Crippen molar-refractivity contribution in [1.82, 2.24) is 0 Å². The Morgan fingerprint density at radius 3 is 0.939 bits per heavy atom. The minimum atomic E-state index is 0.794. The van der Waals surface area contributed by atoms with Crippen molar-refractivity contribution >= 4 is 0 Å². The van der Waals surface area contributed by atoms with E-state index < -0.39 is 0 Å². The van der Waals surface area contributed by atoms with E-state index in [9.17, 15) is 0 Å². The molecule has 1 heteroatoms. The summed E-state index contributed by atoms with van der Waals surface area (Å²) < 4.78 is 1.33. The summed E-state index contributed by atoms with van der Waals surface area (Å²) in [5.74, 6) is 0.794. The Balaban J connectivity index is 2.41. The van der Waals surface area contributed by atoms with Crippen molar-refractivity contribution in [3.8, 4) is 0 Å². The Morgan fingerprint density at radius 1 is 0.367 bits per heavy atom. The maximum absolute atomic E-state index is 2.46. The topological polar surface area (TPSA) is 0 Å². The molecule has 0 heterocycles. The van der Waals surface area contributed by atoms with E-state index in [4.69, 9.17) is 0 Å². The van der Waals surface area contributed by atoms with Crippen LogP contribution in [0.25, 0.3) is 0 Å². The van der Waals surface area contributed by atoms with Gasteiger partial charge in [-0.15, -0.1) is 0 Å². The number of benzene rings is 1. The molecule has 0 aliphatic rings. The number of hydrogen-bond acceptors (Lipinski definition) is 0. The zero-order chi connectivity index (χ0) is 35.5. The monoisotopic (exact) mass is 683 g/mol. The Bertz CT molecular complexity index is 781. The minimum Gasteiger partial charge on any atom is -0.320 e. The van der Waals surface area contributed by atoms with Crippen LogP contribution in [0.4, 0.5) is 0 Å². The lowest BCUT2D eigenvalue weighted by Crippen LogP contribution is -2.49. The third-order valence-electron chi connectivity index (χ3n) is 11.6. The number of nitrogens with zero attached hydrogens (tertiary/aromatic N) is 1. The molecule has 0 bridgehead atoms. The fourth-order valence-corrected chi connectivity index (χ4v) is 8.01. The fourth-order valence-electron chi connectivity index (χ4n) is 8.01. The van der Waals surface area contributed by atoms with Gasteiger partial charge in [0.05, 0.1) is 19.6 Å². The molecule has 1 nitrogen and oxygen atoms in total. The number of unbranched alkanes of at least 4 members (excludes halogenated alkanes) is 28. The highest BCUT2D eigenvalue weighted by atomic mass is 15.3. The number of hydrogen-bond donors (Lipinski definition) is 0. The third-order valence-corrected chi connectivity index (χ3v) is 11.6. The highest BCUT2D eigenvalue weighted by molar-refractivity contribution is 5.21. The van der Waals surface area contributed by atoms with Gasteiger partial charge in [0.1, 0.15) is 6.54 Å². The number of aryl methyl sites for hydroxylation is 1. The van der Waals surface area contributed by atoms with Crippen molar-refractivity contribution in [2.75, 3.05) is 19.6 Å². The van der Waals surface area contributed by atoms with Crippen LogP contribution in [0.2, 0.25) is 0 Å². The molecule has 1 aromatic rings. The first-order chi connectivity index (χ1) is 24.0. The van der Waals surface area contributed by atoms with Gasteiger partial charge in [-0.05, 0) is 50.0 Å². The van der Waals surface area contributed by atoms with Gasteiger partial charge in [0.2, 0.25) is 0 Å². The van der Waals surface area contributed by atoms with E-state index >= 15 is 0 Å². The molecule has 0 aliphatic carbocycles. The van der Waals surface area contributed by atoms with Crippen molar-refractivity contribution in [1.29, 1.82) is 0 Å². The first kappa shape index (κ1) is 46.2. The summed E-state index contributed by atoms with van der Waals surface area (Å²) in [5.41, 5.74) is 3.05. The summed E-state index contributed by atoms with van der Waals surface area (Å²) in [4.78, 5) is 0. The smallest absolute Gasteiger partial charge is 0.104 e. The lowest BCUT2D eigenvalue weighted by molar-refractivity contribution is -0.941. The Hall–Kier alpha value is -0.820. The SMILES string of the molecule is CCCCCCCCCCCCCCCCCC[N+](CCCCCCCCCCCCCCCC)(CCC(C)C)Cc1ccc(CC)cc1. The maximum Gasteiger partial charge on any atom is 0.104 e. The molecule has 1 aromatic carbocycles. The molecule has 0 spiro atoms. The van der Waals surface area contributed by atoms with Crippen LogP contribution in [0, 0.1) is 5.92 Å². The average Bonchev–Trinajstić information content (AvgIpc) is 3.11. The zero-order valence-corrected chi connectivity index (χ0v) is 34.8. The van der Waals surface area contributed by atoms with Crippen molar-refractivity contribution in [2.45, 2.75) is 247 Å². The second-order valence-electron chi connectivity index (χ2n) is 16.9. The molecule has 0 aromatic heterocycles. The van der Waals surface area contributed by atoms with Gasteiger partial charge in [0, 0.05) is 5.56 Å². The van der Waals surface area contributed by atoms with E-state index in [2.05, 4.69) is 58.9 Å². The predicted molar refractivity (Wildman–Crippen MR) is 224 cm³/mol. The Morgan fingerprint density at radius 2 is 0.653 bits per heavy atom. The van der Waals surface area contributed by atoms with Gasteiger partial charge in [0.15, 0.2) is 0 Å². The molecular formula is C48H92N+. The van der Waals surface area contributed by atoms with Crippen LogP contribution in [0.3, 0.4) is 0 Å². The second kappa shape index (κ2) is 34.3. The third kappa shape index (κ3) is 28.5. The van der Waals surface area contributed by atoms with Crippen molar-refractivity contribution < 1.29 is 4.48 Å². The molecule has 0 saturated carbocycles. The van der Waals surface area contributed by atoms with Gasteiger partial charge < -0.3 is 4.48 Å². The van der Waals surface area contributed by atoms with Gasteiger partial charge in [-0.3, -0.25) is 0 Å². The van der Waals surface area contributed by atoms with Gasteiger partial charge in [-0.2, -0.15) is 0 Å². The Labute approximate surface area is 311 Å². The van der Waals surface area contributed by atoms with Crippen LogP contribution < -0.4 is 0 Å². The Kier molecular flexibility index (Phi) is 32.3. The van der Waals surface area contributed by atoms with Crippen LogP contribution >= 0.6 is 0 Å².